The van der Waals surface area contributed by atoms with Crippen LogP contribution < -0.4 is 5.32 Å². The van der Waals surface area contributed by atoms with Gasteiger partial charge in [0.1, 0.15) is 18.8 Å². The number of amides is 2. The standard InChI is InChI=1S/C29H28FN5O3/c1-19(36)25-17-34(26-7-6-20(11-24(25)26)10-21-4-2-8-31-13-21)18-28(37)35-16-23(30)12-27(35)29(38)33-15-22-5-3-9-32-14-22/h2-9,11,13-14,17,23,27H,10,12,15-16,18H2,1H3,(H,33,38)/t23-,27+/m1/s1. The van der Waals surface area contributed by atoms with E-state index in [1.54, 1.807) is 41.6 Å². The van der Waals surface area contributed by atoms with Gasteiger partial charge in [-0.15, -0.1) is 0 Å². The Morgan fingerprint density at radius 3 is 2.45 bits per heavy atom. The van der Waals surface area contributed by atoms with E-state index < -0.39 is 18.1 Å². The smallest absolute Gasteiger partial charge is 0.243 e. The number of aromatic nitrogens is 3. The van der Waals surface area contributed by atoms with Crippen molar-refractivity contribution in [1.29, 1.82) is 0 Å². The van der Waals surface area contributed by atoms with E-state index in [0.29, 0.717) is 12.0 Å². The minimum atomic E-state index is -1.28. The van der Waals surface area contributed by atoms with Gasteiger partial charge in [0.25, 0.3) is 0 Å². The molecule has 1 aliphatic rings. The van der Waals surface area contributed by atoms with Crippen LogP contribution in [0.1, 0.15) is 40.4 Å². The Kier molecular flexibility index (Phi) is 7.26. The molecule has 0 radical (unpaired) electrons. The molecule has 8 nitrogen and oxygen atoms in total. The molecule has 1 fully saturated rings. The zero-order valence-electron chi connectivity index (χ0n) is 21.0. The Labute approximate surface area is 219 Å². The van der Waals surface area contributed by atoms with Crippen LogP contribution in [-0.2, 0) is 29.1 Å². The van der Waals surface area contributed by atoms with Gasteiger partial charge in [-0.1, -0.05) is 18.2 Å². The molecular formula is C29H28FN5O3. The Morgan fingerprint density at radius 1 is 1.03 bits per heavy atom. The predicted octanol–water partition coefficient (Wildman–Crippen LogP) is 3.48. The summed E-state index contributed by atoms with van der Waals surface area (Å²) in [7, 11) is 0. The lowest BCUT2D eigenvalue weighted by Gasteiger charge is -2.24. The Bertz CT molecular complexity index is 1470. The van der Waals surface area contributed by atoms with E-state index in [4.69, 9.17) is 0 Å². The monoisotopic (exact) mass is 513 g/mol. The number of rotatable bonds is 8. The normalized spacial score (nSPS) is 17.1. The van der Waals surface area contributed by atoms with Gasteiger partial charge in [-0.2, -0.15) is 0 Å². The van der Waals surface area contributed by atoms with Crippen LogP contribution in [0.2, 0.25) is 0 Å². The van der Waals surface area contributed by atoms with Crippen molar-refractivity contribution in [1.82, 2.24) is 24.8 Å². The molecule has 1 N–H and O–H groups in total. The van der Waals surface area contributed by atoms with E-state index >= 15 is 0 Å². The average molecular weight is 514 g/mol. The van der Waals surface area contributed by atoms with Crippen LogP contribution in [0.25, 0.3) is 10.9 Å². The summed E-state index contributed by atoms with van der Waals surface area (Å²) in [6.07, 6.45) is 7.80. The Morgan fingerprint density at radius 2 is 1.76 bits per heavy atom. The van der Waals surface area contributed by atoms with Crippen molar-refractivity contribution in [2.75, 3.05) is 6.54 Å². The highest BCUT2D eigenvalue weighted by Crippen LogP contribution is 2.26. The van der Waals surface area contributed by atoms with Crippen LogP contribution in [0.4, 0.5) is 4.39 Å². The lowest BCUT2D eigenvalue weighted by molar-refractivity contribution is -0.139. The zero-order valence-corrected chi connectivity index (χ0v) is 21.0. The van der Waals surface area contributed by atoms with Gasteiger partial charge in [-0.3, -0.25) is 24.4 Å². The second kappa shape index (κ2) is 10.9. The lowest BCUT2D eigenvalue weighted by atomic mass is 10.0. The topological polar surface area (TPSA) is 97.2 Å². The highest BCUT2D eigenvalue weighted by molar-refractivity contribution is 6.07. The molecule has 1 aliphatic heterocycles. The minimum absolute atomic E-state index is 0.0482. The van der Waals surface area contributed by atoms with Gasteiger partial charge in [0.2, 0.25) is 11.8 Å². The summed E-state index contributed by atoms with van der Waals surface area (Å²) in [5.74, 6) is -0.889. The molecule has 38 heavy (non-hydrogen) atoms. The number of nitrogens with zero attached hydrogens (tertiary/aromatic N) is 4. The molecule has 0 saturated carbocycles. The third-order valence-electron chi connectivity index (χ3n) is 6.82. The van der Waals surface area contributed by atoms with Gasteiger partial charge in [0.15, 0.2) is 5.78 Å². The molecule has 9 heteroatoms. The van der Waals surface area contributed by atoms with E-state index in [0.717, 1.165) is 27.6 Å². The first-order chi connectivity index (χ1) is 18.4. The van der Waals surface area contributed by atoms with Gasteiger partial charge in [-0.25, -0.2) is 4.39 Å². The molecule has 1 aromatic carbocycles. The van der Waals surface area contributed by atoms with Crippen molar-refractivity contribution in [3.8, 4) is 0 Å². The molecule has 0 spiro atoms. The summed E-state index contributed by atoms with van der Waals surface area (Å²) < 4.78 is 16.1. The highest BCUT2D eigenvalue weighted by atomic mass is 19.1. The number of carbonyl (C=O) groups excluding carboxylic acids is 3. The maximum atomic E-state index is 14.4. The molecule has 2 atom stereocenters. The van der Waals surface area contributed by atoms with Gasteiger partial charge < -0.3 is 14.8 Å². The van der Waals surface area contributed by atoms with Crippen LogP contribution >= 0.6 is 0 Å². The molecular weight excluding hydrogens is 485 g/mol. The van der Waals surface area contributed by atoms with Crippen molar-refractivity contribution in [3.05, 3.63) is 95.7 Å². The number of likely N-dealkylation sites (tertiary alicyclic amines) is 1. The molecule has 1 saturated heterocycles. The van der Waals surface area contributed by atoms with Gasteiger partial charge in [0, 0.05) is 60.4 Å². The molecule has 0 aliphatic carbocycles. The predicted molar refractivity (Wildman–Crippen MR) is 140 cm³/mol. The summed E-state index contributed by atoms with van der Waals surface area (Å²) in [6, 6.07) is 12.4. The first kappa shape index (κ1) is 25.3. The van der Waals surface area contributed by atoms with Crippen LogP contribution in [0, 0.1) is 0 Å². The summed E-state index contributed by atoms with van der Waals surface area (Å²) >= 11 is 0. The Balaban J connectivity index is 1.34. The molecule has 4 heterocycles. The SMILES string of the molecule is CC(=O)c1cn(CC(=O)N2C[C@H](F)C[C@H]2C(=O)NCc2cccnc2)c2ccc(Cc3cccnc3)cc12. The summed E-state index contributed by atoms with van der Waals surface area (Å²) in [5.41, 5.74) is 4.12. The molecule has 0 bridgehead atoms. The zero-order chi connectivity index (χ0) is 26.6. The molecule has 5 rings (SSSR count). The van der Waals surface area contributed by atoms with Crippen molar-refractivity contribution in [2.24, 2.45) is 0 Å². The number of hydrogen-bond acceptors (Lipinski definition) is 5. The summed E-state index contributed by atoms with van der Waals surface area (Å²) in [5, 5.41) is 3.54. The van der Waals surface area contributed by atoms with E-state index in [1.165, 1.54) is 11.8 Å². The number of pyridine rings is 2. The third-order valence-corrected chi connectivity index (χ3v) is 6.82. The molecule has 3 aromatic heterocycles. The average Bonchev–Trinajstić information content (AvgIpc) is 3.49. The highest BCUT2D eigenvalue weighted by Gasteiger charge is 2.39. The van der Waals surface area contributed by atoms with Crippen LogP contribution in [0.15, 0.2) is 73.4 Å². The second-order valence-electron chi connectivity index (χ2n) is 9.59. The van der Waals surface area contributed by atoms with E-state index in [2.05, 4.69) is 15.3 Å². The summed E-state index contributed by atoms with van der Waals surface area (Å²) in [4.78, 5) is 48.1. The number of alkyl halides is 1. The number of benzene rings is 1. The van der Waals surface area contributed by atoms with Gasteiger partial charge in [0.05, 0.1) is 6.54 Å². The van der Waals surface area contributed by atoms with E-state index in [9.17, 15) is 18.8 Å². The maximum Gasteiger partial charge on any atom is 0.243 e. The lowest BCUT2D eigenvalue weighted by Crippen LogP contribution is -2.46. The number of ketones is 1. The molecule has 4 aromatic rings. The first-order valence-corrected chi connectivity index (χ1v) is 12.5. The Hall–Kier alpha value is -4.40. The van der Waals surface area contributed by atoms with Crippen molar-refractivity contribution in [2.45, 2.75) is 45.1 Å². The van der Waals surface area contributed by atoms with Crippen molar-refractivity contribution in [3.63, 3.8) is 0 Å². The second-order valence-corrected chi connectivity index (χ2v) is 9.59. The number of carbonyl (C=O) groups is 3. The summed E-state index contributed by atoms with van der Waals surface area (Å²) in [6.45, 7) is 1.49. The maximum absolute atomic E-state index is 14.4. The molecule has 2 amide bonds. The molecule has 0 unspecified atom stereocenters. The van der Waals surface area contributed by atoms with Gasteiger partial charge in [-0.05, 0) is 54.3 Å². The number of fused-ring (bicyclic) bond motifs is 1. The first-order valence-electron chi connectivity index (χ1n) is 12.5. The van der Waals surface area contributed by atoms with E-state index in [1.807, 2.05) is 36.4 Å². The van der Waals surface area contributed by atoms with Crippen LogP contribution in [-0.4, -0.2) is 55.8 Å². The quantitative estimate of drug-likeness (QED) is 0.364. The van der Waals surface area contributed by atoms with E-state index in [-0.39, 0.29) is 37.7 Å². The fraction of sp³-hybridized carbons (Fsp3) is 0.276. The van der Waals surface area contributed by atoms with Crippen LogP contribution in [0.3, 0.4) is 0 Å². The number of halogens is 1. The number of hydrogen-bond donors (Lipinski definition) is 1. The third kappa shape index (κ3) is 5.46. The number of nitrogens with one attached hydrogen (secondary N) is 1. The van der Waals surface area contributed by atoms with Crippen LogP contribution in [0.5, 0.6) is 0 Å². The van der Waals surface area contributed by atoms with Gasteiger partial charge >= 0.3 is 0 Å². The number of Topliss-reactive ketones (excluding diaryl/α,β-unsaturated/α-hetero) is 1. The minimum Gasteiger partial charge on any atom is -0.350 e. The van der Waals surface area contributed by atoms with Crippen molar-refractivity contribution >= 4 is 28.5 Å². The fourth-order valence-electron chi connectivity index (χ4n) is 4.96. The molecule has 194 valence electrons. The van der Waals surface area contributed by atoms with Crippen molar-refractivity contribution < 1.29 is 18.8 Å². The fourth-order valence-corrected chi connectivity index (χ4v) is 4.96. The largest absolute Gasteiger partial charge is 0.350 e.